The van der Waals surface area contributed by atoms with Gasteiger partial charge in [0.05, 0.1) is 12.7 Å². The van der Waals surface area contributed by atoms with Crippen molar-refractivity contribution >= 4 is 0 Å². The summed E-state index contributed by atoms with van der Waals surface area (Å²) < 4.78 is 32.8. The van der Waals surface area contributed by atoms with Crippen LogP contribution in [0.1, 0.15) is 42.9 Å². The predicted molar refractivity (Wildman–Crippen MR) is 71.9 cm³/mol. The number of benzene rings is 1. The van der Waals surface area contributed by atoms with E-state index < -0.39 is 5.92 Å². The summed E-state index contributed by atoms with van der Waals surface area (Å²) in [6.45, 7) is 3.21. The normalized spacial score (nSPS) is 18.0. The molecule has 0 spiro atoms. The Morgan fingerprint density at radius 1 is 1.37 bits per heavy atom. The zero-order valence-corrected chi connectivity index (χ0v) is 11.7. The highest BCUT2D eigenvalue weighted by Crippen LogP contribution is 2.49. The van der Waals surface area contributed by atoms with Gasteiger partial charge in [0.25, 0.3) is 5.92 Å². The predicted octanol–water partition coefficient (Wildman–Crippen LogP) is 3.50. The van der Waals surface area contributed by atoms with Crippen LogP contribution in [0.3, 0.4) is 0 Å². The summed E-state index contributed by atoms with van der Waals surface area (Å²) in [5.41, 5.74) is 7.34. The Kier molecular flexibility index (Phi) is 3.56. The van der Waals surface area contributed by atoms with Crippen molar-refractivity contribution in [2.45, 2.75) is 44.4 Å². The third-order valence-electron chi connectivity index (χ3n) is 4.18. The Morgan fingerprint density at radius 2 is 2.00 bits per heavy atom. The molecule has 2 N–H and O–H groups in total. The molecule has 19 heavy (non-hydrogen) atoms. The average molecular weight is 269 g/mol. The number of rotatable bonds is 4. The Balaban J connectivity index is 2.64. The summed E-state index contributed by atoms with van der Waals surface area (Å²) in [5, 5.41) is 0. The van der Waals surface area contributed by atoms with Crippen LogP contribution < -0.4 is 10.5 Å². The standard InChI is InChI=1S/C15H21F2NO/c1-10-7-11(14(2,16)17)13(19-3)12(8-10)15(9-18)5-4-6-15/h7-8H,4-6,9,18H2,1-3H3. The molecule has 2 rings (SSSR count). The van der Waals surface area contributed by atoms with Crippen molar-refractivity contribution in [1.82, 2.24) is 0 Å². The summed E-state index contributed by atoms with van der Waals surface area (Å²) in [6.07, 6.45) is 2.97. The molecule has 1 saturated carbocycles. The monoisotopic (exact) mass is 269 g/mol. The number of ether oxygens (including phenoxy) is 1. The number of nitrogens with two attached hydrogens (primary N) is 1. The van der Waals surface area contributed by atoms with E-state index in [0.29, 0.717) is 12.3 Å². The number of halogens is 2. The number of methoxy groups -OCH3 is 1. The molecule has 4 heteroatoms. The summed E-state index contributed by atoms with van der Waals surface area (Å²) in [5.74, 6) is -2.60. The summed E-state index contributed by atoms with van der Waals surface area (Å²) in [6, 6.07) is 3.45. The van der Waals surface area contributed by atoms with Crippen LogP contribution in [0.2, 0.25) is 0 Å². The molecular weight excluding hydrogens is 248 g/mol. The van der Waals surface area contributed by atoms with Crippen molar-refractivity contribution < 1.29 is 13.5 Å². The molecule has 2 nitrogen and oxygen atoms in total. The SMILES string of the molecule is COc1c(C(C)(F)F)cc(C)cc1C1(CN)CCC1. The maximum atomic E-state index is 13.8. The van der Waals surface area contributed by atoms with Gasteiger partial charge in [0.15, 0.2) is 0 Å². The lowest BCUT2D eigenvalue weighted by Gasteiger charge is -2.43. The van der Waals surface area contributed by atoms with Gasteiger partial charge in [0.2, 0.25) is 0 Å². The molecule has 0 saturated heterocycles. The first-order valence-electron chi connectivity index (χ1n) is 6.61. The first kappa shape index (κ1) is 14.3. The van der Waals surface area contributed by atoms with Crippen LogP contribution >= 0.6 is 0 Å². The van der Waals surface area contributed by atoms with E-state index in [1.807, 2.05) is 13.0 Å². The maximum Gasteiger partial charge on any atom is 0.274 e. The van der Waals surface area contributed by atoms with Gasteiger partial charge >= 0.3 is 0 Å². The second kappa shape index (κ2) is 4.75. The molecule has 1 aliphatic carbocycles. The molecule has 0 aliphatic heterocycles. The van der Waals surface area contributed by atoms with Gasteiger partial charge in [0.1, 0.15) is 5.75 Å². The van der Waals surface area contributed by atoms with Gasteiger partial charge in [0, 0.05) is 24.4 Å². The Labute approximate surface area is 112 Å². The van der Waals surface area contributed by atoms with Gasteiger partial charge in [-0.1, -0.05) is 18.1 Å². The van der Waals surface area contributed by atoms with E-state index in [1.165, 1.54) is 13.2 Å². The molecule has 1 aliphatic rings. The number of hydrogen-bond donors (Lipinski definition) is 1. The molecule has 1 aromatic rings. The van der Waals surface area contributed by atoms with Gasteiger partial charge in [-0.2, -0.15) is 0 Å². The van der Waals surface area contributed by atoms with Gasteiger partial charge in [-0.15, -0.1) is 0 Å². The van der Waals surface area contributed by atoms with E-state index >= 15 is 0 Å². The Bertz CT molecular complexity index is 470. The lowest BCUT2D eigenvalue weighted by Crippen LogP contribution is -2.42. The van der Waals surface area contributed by atoms with Crippen molar-refractivity contribution in [2.75, 3.05) is 13.7 Å². The number of aryl methyl sites for hydroxylation is 1. The zero-order chi connectivity index (χ0) is 14.3. The van der Waals surface area contributed by atoms with E-state index in [4.69, 9.17) is 10.5 Å². The van der Waals surface area contributed by atoms with Crippen molar-refractivity contribution in [3.05, 3.63) is 28.8 Å². The molecular formula is C15H21F2NO. The molecule has 1 fully saturated rings. The Morgan fingerprint density at radius 3 is 2.37 bits per heavy atom. The molecule has 0 bridgehead atoms. The van der Waals surface area contributed by atoms with Crippen LogP contribution in [0, 0.1) is 6.92 Å². The van der Waals surface area contributed by atoms with Crippen LogP contribution in [0.5, 0.6) is 5.75 Å². The van der Waals surface area contributed by atoms with Gasteiger partial charge in [-0.05, 0) is 25.8 Å². The van der Waals surface area contributed by atoms with E-state index in [2.05, 4.69) is 0 Å². The van der Waals surface area contributed by atoms with Crippen molar-refractivity contribution in [2.24, 2.45) is 5.73 Å². The smallest absolute Gasteiger partial charge is 0.274 e. The van der Waals surface area contributed by atoms with E-state index in [1.54, 1.807) is 0 Å². The topological polar surface area (TPSA) is 35.2 Å². The van der Waals surface area contributed by atoms with Crippen LogP contribution in [-0.2, 0) is 11.3 Å². The summed E-state index contributed by atoms with van der Waals surface area (Å²) in [4.78, 5) is 0. The fraction of sp³-hybridized carbons (Fsp3) is 0.600. The molecule has 0 atom stereocenters. The van der Waals surface area contributed by atoms with Crippen LogP contribution in [0.25, 0.3) is 0 Å². The third kappa shape index (κ3) is 2.34. The first-order chi connectivity index (χ1) is 8.84. The summed E-state index contributed by atoms with van der Waals surface area (Å²) >= 11 is 0. The minimum Gasteiger partial charge on any atom is -0.496 e. The Hall–Kier alpha value is -1.16. The first-order valence-corrected chi connectivity index (χ1v) is 6.61. The second-order valence-electron chi connectivity index (χ2n) is 5.62. The van der Waals surface area contributed by atoms with Crippen LogP contribution in [0.4, 0.5) is 8.78 Å². The van der Waals surface area contributed by atoms with E-state index in [0.717, 1.165) is 37.3 Å². The van der Waals surface area contributed by atoms with Crippen molar-refractivity contribution in [3.63, 3.8) is 0 Å². The number of alkyl halides is 2. The highest BCUT2D eigenvalue weighted by Gasteiger charge is 2.42. The molecule has 106 valence electrons. The summed E-state index contributed by atoms with van der Waals surface area (Å²) in [7, 11) is 1.45. The van der Waals surface area contributed by atoms with E-state index in [9.17, 15) is 8.78 Å². The van der Waals surface area contributed by atoms with Gasteiger partial charge < -0.3 is 10.5 Å². The van der Waals surface area contributed by atoms with Crippen molar-refractivity contribution in [1.29, 1.82) is 0 Å². The number of hydrogen-bond acceptors (Lipinski definition) is 2. The lowest BCUT2D eigenvalue weighted by molar-refractivity contribution is 0.0146. The van der Waals surface area contributed by atoms with E-state index in [-0.39, 0.29) is 11.0 Å². The maximum absolute atomic E-state index is 13.8. The van der Waals surface area contributed by atoms with Crippen LogP contribution in [0.15, 0.2) is 12.1 Å². The van der Waals surface area contributed by atoms with Gasteiger partial charge in [-0.3, -0.25) is 0 Å². The molecule has 1 aromatic carbocycles. The minimum atomic E-state index is -2.91. The zero-order valence-electron chi connectivity index (χ0n) is 11.7. The lowest BCUT2D eigenvalue weighted by atomic mass is 9.63. The molecule has 0 unspecified atom stereocenters. The van der Waals surface area contributed by atoms with Crippen molar-refractivity contribution in [3.8, 4) is 5.75 Å². The fourth-order valence-corrected chi connectivity index (χ4v) is 2.90. The quantitative estimate of drug-likeness (QED) is 0.908. The highest BCUT2D eigenvalue weighted by atomic mass is 19.3. The average Bonchev–Trinajstić information content (AvgIpc) is 2.26. The fourth-order valence-electron chi connectivity index (χ4n) is 2.90. The van der Waals surface area contributed by atoms with Crippen LogP contribution in [-0.4, -0.2) is 13.7 Å². The molecule has 0 amide bonds. The highest BCUT2D eigenvalue weighted by molar-refractivity contribution is 5.51. The molecule has 0 heterocycles. The third-order valence-corrected chi connectivity index (χ3v) is 4.18. The van der Waals surface area contributed by atoms with Gasteiger partial charge in [-0.25, -0.2) is 8.78 Å². The molecule has 0 radical (unpaired) electrons. The molecule has 0 aromatic heterocycles. The second-order valence-corrected chi connectivity index (χ2v) is 5.62. The largest absolute Gasteiger partial charge is 0.496 e. The minimum absolute atomic E-state index is 0.0373.